The summed E-state index contributed by atoms with van der Waals surface area (Å²) >= 11 is 5.68. The number of urea groups is 1. The van der Waals surface area contributed by atoms with Crippen molar-refractivity contribution in [2.24, 2.45) is 0 Å². The summed E-state index contributed by atoms with van der Waals surface area (Å²) in [6.07, 6.45) is 0. The van der Waals surface area contributed by atoms with E-state index in [1.54, 1.807) is 12.1 Å². The van der Waals surface area contributed by atoms with Crippen LogP contribution in [0, 0.1) is 11.6 Å². The van der Waals surface area contributed by atoms with E-state index < -0.39 is 11.8 Å². The van der Waals surface area contributed by atoms with Gasteiger partial charge >= 0.3 is 6.03 Å². The summed E-state index contributed by atoms with van der Waals surface area (Å²) in [5.74, 6) is -0.859. The molecule has 0 fully saturated rings. The van der Waals surface area contributed by atoms with Gasteiger partial charge in [0.1, 0.15) is 11.6 Å². The van der Waals surface area contributed by atoms with Crippen molar-refractivity contribution in [3.8, 4) is 0 Å². The number of hydrogen-bond donors (Lipinski definition) is 2. The zero-order valence-electron chi connectivity index (χ0n) is 13.3. The van der Waals surface area contributed by atoms with Crippen LogP contribution in [-0.4, -0.2) is 31.6 Å². The fourth-order valence-corrected chi connectivity index (χ4v) is 2.40. The molecule has 0 radical (unpaired) electrons. The first kappa shape index (κ1) is 18.2. The first-order valence-electron chi connectivity index (χ1n) is 7.28. The molecule has 2 N–H and O–H groups in total. The van der Waals surface area contributed by atoms with Crippen LogP contribution in [0.2, 0.25) is 5.02 Å². The number of likely N-dealkylation sites (N-methyl/N-ethyl adjacent to an activating group) is 1. The summed E-state index contributed by atoms with van der Waals surface area (Å²) in [5, 5.41) is 5.26. The smallest absolute Gasteiger partial charge is 0.319 e. The molecule has 24 heavy (non-hydrogen) atoms. The molecule has 0 aliphatic rings. The molecule has 2 amide bonds. The van der Waals surface area contributed by atoms with E-state index in [0.29, 0.717) is 12.2 Å². The Kier molecular flexibility index (Phi) is 6.11. The van der Waals surface area contributed by atoms with Crippen molar-refractivity contribution in [3.63, 3.8) is 0 Å². The predicted molar refractivity (Wildman–Crippen MR) is 91.3 cm³/mol. The Balaban J connectivity index is 1.97. The molecule has 0 saturated heterocycles. The summed E-state index contributed by atoms with van der Waals surface area (Å²) < 4.78 is 26.1. The minimum atomic E-state index is -0.549. The van der Waals surface area contributed by atoms with Crippen molar-refractivity contribution in [2.45, 2.75) is 6.04 Å². The highest BCUT2D eigenvalue weighted by Crippen LogP contribution is 2.20. The second-order valence-corrected chi connectivity index (χ2v) is 5.90. The summed E-state index contributed by atoms with van der Waals surface area (Å²) in [6, 6.07) is 9.50. The topological polar surface area (TPSA) is 44.4 Å². The number of carbonyl (C=O) groups excluding carboxylic acids is 1. The summed E-state index contributed by atoms with van der Waals surface area (Å²) in [5.41, 5.74) is 1.27. The first-order chi connectivity index (χ1) is 11.4. The van der Waals surface area contributed by atoms with E-state index in [1.807, 2.05) is 19.0 Å². The quantitative estimate of drug-likeness (QED) is 0.852. The number of rotatable bonds is 5. The Morgan fingerprint density at radius 3 is 2.42 bits per heavy atom. The Labute approximate surface area is 144 Å². The van der Waals surface area contributed by atoms with Crippen molar-refractivity contribution < 1.29 is 13.6 Å². The van der Waals surface area contributed by atoms with Gasteiger partial charge in [-0.2, -0.15) is 0 Å². The van der Waals surface area contributed by atoms with Gasteiger partial charge in [-0.25, -0.2) is 13.6 Å². The molecule has 7 heteroatoms. The van der Waals surface area contributed by atoms with E-state index >= 15 is 0 Å². The molecular formula is C17H18ClF2N3O. The average molecular weight is 354 g/mol. The Hall–Kier alpha value is -2.18. The Bertz CT molecular complexity index is 707. The van der Waals surface area contributed by atoms with Gasteiger partial charge in [0.15, 0.2) is 0 Å². The predicted octanol–water partition coefficient (Wildman–Crippen LogP) is 4.04. The lowest BCUT2D eigenvalue weighted by Gasteiger charge is -2.25. The molecule has 1 unspecified atom stereocenters. The zero-order valence-corrected chi connectivity index (χ0v) is 14.1. The van der Waals surface area contributed by atoms with Gasteiger partial charge in [0.2, 0.25) is 0 Å². The van der Waals surface area contributed by atoms with E-state index in [-0.39, 0.29) is 16.9 Å². The molecule has 0 aromatic heterocycles. The summed E-state index contributed by atoms with van der Waals surface area (Å²) in [4.78, 5) is 13.9. The van der Waals surface area contributed by atoms with Gasteiger partial charge in [0.25, 0.3) is 0 Å². The Morgan fingerprint density at radius 1 is 1.17 bits per heavy atom. The molecule has 0 aliphatic heterocycles. The lowest BCUT2D eigenvalue weighted by Crippen LogP contribution is -2.36. The highest BCUT2D eigenvalue weighted by molar-refractivity contribution is 6.31. The monoisotopic (exact) mass is 353 g/mol. The number of anilines is 1. The maximum Gasteiger partial charge on any atom is 0.319 e. The van der Waals surface area contributed by atoms with Gasteiger partial charge < -0.3 is 15.5 Å². The van der Waals surface area contributed by atoms with Crippen LogP contribution in [0.4, 0.5) is 19.3 Å². The second kappa shape index (κ2) is 8.08. The Morgan fingerprint density at radius 2 is 1.83 bits per heavy atom. The molecule has 0 spiro atoms. The van der Waals surface area contributed by atoms with Crippen molar-refractivity contribution in [3.05, 3.63) is 64.7 Å². The second-order valence-electron chi connectivity index (χ2n) is 5.49. The average Bonchev–Trinajstić information content (AvgIpc) is 2.52. The fraction of sp³-hybridized carbons (Fsp3) is 0.235. The van der Waals surface area contributed by atoms with Gasteiger partial charge in [-0.15, -0.1) is 0 Å². The van der Waals surface area contributed by atoms with Crippen LogP contribution in [0.3, 0.4) is 0 Å². The molecule has 128 valence electrons. The van der Waals surface area contributed by atoms with E-state index in [0.717, 1.165) is 5.56 Å². The standard InChI is InChI=1S/C17H18ClF2N3O/c1-23(2)16(11-3-5-12(19)6-4-11)10-21-17(24)22-13-7-8-15(20)14(18)9-13/h3-9,16H,10H2,1-2H3,(H2,21,22,24). The fourth-order valence-electron chi connectivity index (χ4n) is 2.22. The molecule has 0 saturated carbocycles. The first-order valence-corrected chi connectivity index (χ1v) is 7.66. The molecule has 0 bridgehead atoms. The molecule has 0 aliphatic carbocycles. The molecule has 2 aromatic rings. The van der Waals surface area contributed by atoms with Crippen LogP contribution in [0.1, 0.15) is 11.6 Å². The van der Waals surface area contributed by atoms with Gasteiger partial charge in [0.05, 0.1) is 11.1 Å². The normalized spacial score (nSPS) is 12.1. The summed E-state index contributed by atoms with van der Waals surface area (Å²) in [6.45, 7) is 0.319. The van der Waals surface area contributed by atoms with Gasteiger partial charge in [0, 0.05) is 12.2 Å². The van der Waals surface area contributed by atoms with E-state index in [9.17, 15) is 13.6 Å². The van der Waals surface area contributed by atoms with Gasteiger partial charge in [-0.1, -0.05) is 23.7 Å². The van der Waals surface area contributed by atoms with Crippen LogP contribution in [0.15, 0.2) is 42.5 Å². The highest BCUT2D eigenvalue weighted by Gasteiger charge is 2.15. The van der Waals surface area contributed by atoms with Crippen LogP contribution >= 0.6 is 11.6 Å². The lowest BCUT2D eigenvalue weighted by molar-refractivity contribution is 0.243. The third kappa shape index (κ3) is 4.91. The molecule has 4 nitrogen and oxygen atoms in total. The largest absolute Gasteiger partial charge is 0.336 e. The van der Waals surface area contributed by atoms with Crippen LogP contribution in [0.5, 0.6) is 0 Å². The summed E-state index contributed by atoms with van der Waals surface area (Å²) in [7, 11) is 3.74. The van der Waals surface area contributed by atoms with Crippen LogP contribution < -0.4 is 10.6 Å². The maximum atomic E-state index is 13.1. The molecule has 0 heterocycles. The molecular weight excluding hydrogens is 336 g/mol. The van der Waals surface area contributed by atoms with Crippen LogP contribution in [-0.2, 0) is 0 Å². The minimum Gasteiger partial charge on any atom is -0.336 e. The van der Waals surface area contributed by atoms with Crippen molar-refractivity contribution in [2.75, 3.05) is 26.0 Å². The number of nitrogens with one attached hydrogen (secondary N) is 2. The SMILES string of the molecule is CN(C)C(CNC(=O)Nc1ccc(F)c(Cl)c1)c1ccc(F)cc1. The number of halogens is 3. The van der Waals surface area contributed by atoms with Crippen molar-refractivity contribution in [1.82, 2.24) is 10.2 Å². The van der Waals surface area contributed by atoms with E-state index in [1.165, 1.54) is 30.3 Å². The number of carbonyl (C=O) groups is 1. The van der Waals surface area contributed by atoms with Gasteiger partial charge in [-0.05, 0) is 50.0 Å². The van der Waals surface area contributed by atoms with E-state index in [2.05, 4.69) is 10.6 Å². The number of nitrogens with zero attached hydrogens (tertiary/aromatic N) is 1. The zero-order chi connectivity index (χ0) is 17.7. The third-order valence-electron chi connectivity index (χ3n) is 3.51. The molecule has 2 rings (SSSR count). The maximum absolute atomic E-state index is 13.1. The third-order valence-corrected chi connectivity index (χ3v) is 3.80. The van der Waals surface area contributed by atoms with Crippen LogP contribution in [0.25, 0.3) is 0 Å². The van der Waals surface area contributed by atoms with Crippen molar-refractivity contribution in [1.29, 1.82) is 0 Å². The number of hydrogen-bond acceptors (Lipinski definition) is 2. The minimum absolute atomic E-state index is 0.0646. The van der Waals surface area contributed by atoms with Crippen molar-refractivity contribution >= 4 is 23.3 Å². The van der Waals surface area contributed by atoms with Gasteiger partial charge in [-0.3, -0.25) is 0 Å². The molecule has 2 aromatic carbocycles. The number of benzene rings is 2. The number of amides is 2. The molecule has 1 atom stereocenters. The lowest BCUT2D eigenvalue weighted by atomic mass is 10.1. The highest BCUT2D eigenvalue weighted by atomic mass is 35.5. The van der Waals surface area contributed by atoms with E-state index in [4.69, 9.17) is 11.6 Å².